The van der Waals surface area contributed by atoms with E-state index in [4.69, 9.17) is 0 Å². The first-order valence-corrected chi connectivity index (χ1v) is 6.30. The van der Waals surface area contributed by atoms with E-state index in [0.29, 0.717) is 5.56 Å². The molecule has 3 rings (SSSR count). The smallest absolute Gasteiger partial charge is 0.193 e. The fraction of sp³-hybridized carbons (Fsp3) is 0.0769. The van der Waals surface area contributed by atoms with Crippen molar-refractivity contribution in [2.24, 2.45) is 0 Å². The molecule has 18 heavy (non-hydrogen) atoms. The first-order valence-electron chi connectivity index (χ1n) is 5.42. The van der Waals surface area contributed by atoms with E-state index in [0.717, 1.165) is 10.7 Å². The topological polar surface area (TPSA) is 34.4 Å². The predicted octanol–water partition coefficient (Wildman–Crippen LogP) is 2.96. The van der Waals surface area contributed by atoms with Crippen LogP contribution in [0.1, 0.15) is 16.1 Å². The van der Waals surface area contributed by atoms with Gasteiger partial charge >= 0.3 is 0 Å². The minimum absolute atomic E-state index is 0.0549. The minimum Gasteiger partial charge on any atom is -0.297 e. The van der Waals surface area contributed by atoms with Gasteiger partial charge in [0, 0.05) is 23.3 Å². The van der Waals surface area contributed by atoms with Crippen molar-refractivity contribution in [1.29, 1.82) is 0 Å². The summed E-state index contributed by atoms with van der Waals surface area (Å²) in [6.07, 6.45) is 3.98. The molecule has 0 N–H and O–H groups in total. The molecule has 0 aliphatic heterocycles. The van der Waals surface area contributed by atoms with Gasteiger partial charge in [0.1, 0.15) is 5.82 Å². The molecule has 0 saturated carbocycles. The summed E-state index contributed by atoms with van der Waals surface area (Å²) in [6, 6.07) is 5.57. The molecule has 3 nitrogen and oxygen atoms in total. The zero-order valence-corrected chi connectivity index (χ0v) is 10.2. The lowest BCUT2D eigenvalue weighted by Crippen LogP contribution is -2.03. The molecule has 90 valence electrons. The molecule has 0 aliphatic carbocycles. The number of imidazole rings is 1. The number of fused-ring (bicyclic) bond motifs is 1. The third kappa shape index (κ3) is 2.04. The normalized spacial score (nSPS) is 10.9. The van der Waals surface area contributed by atoms with Crippen molar-refractivity contribution in [1.82, 2.24) is 9.38 Å². The average Bonchev–Trinajstić information content (AvgIpc) is 2.90. The maximum absolute atomic E-state index is 12.7. The molecule has 0 amide bonds. The van der Waals surface area contributed by atoms with E-state index in [9.17, 15) is 9.18 Å². The Morgan fingerprint density at radius 3 is 2.83 bits per heavy atom. The molecule has 0 atom stereocenters. The third-order valence-corrected chi connectivity index (χ3v) is 3.42. The number of benzene rings is 1. The summed E-state index contributed by atoms with van der Waals surface area (Å²) >= 11 is 1.52. The van der Waals surface area contributed by atoms with Gasteiger partial charge in [-0.1, -0.05) is 0 Å². The average molecular weight is 260 g/mol. The molecule has 2 aromatic heterocycles. The van der Waals surface area contributed by atoms with Crippen LogP contribution in [0.15, 0.2) is 42.0 Å². The summed E-state index contributed by atoms with van der Waals surface area (Å²) in [5, 5.41) is 1.94. The largest absolute Gasteiger partial charge is 0.297 e. The van der Waals surface area contributed by atoms with Gasteiger partial charge in [0.05, 0.1) is 12.1 Å². The Bertz CT molecular complexity index is 671. The highest BCUT2D eigenvalue weighted by atomic mass is 32.1. The Kier molecular flexibility index (Phi) is 2.68. The summed E-state index contributed by atoms with van der Waals surface area (Å²) in [7, 11) is 0. The number of hydrogen-bond donors (Lipinski definition) is 0. The number of aromatic nitrogens is 2. The molecule has 1 aromatic carbocycles. The number of halogens is 1. The van der Waals surface area contributed by atoms with Crippen LogP contribution in [0.3, 0.4) is 0 Å². The number of Topliss-reactive ketones (excluding diaryl/α,β-unsaturated/α-hetero) is 1. The summed E-state index contributed by atoms with van der Waals surface area (Å²) < 4.78 is 14.6. The molecule has 0 bridgehead atoms. The van der Waals surface area contributed by atoms with Gasteiger partial charge in [0.25, 0.3) is 0 Å². The SMILES string of the molecule is O=C(Cc1cn2ccsc2n1)c1ccc(F)cc1. The monoisotopic (exact) mass is 260 g/mol. The van der Waals surface area contributed by atoms with Crippen LogP contribution >= 0.6 is 11.3 Å². The fourth-order valence-corrected chi connectivity index (χ4v) is 2.48. The number of rotatable bonds is 3. The highest BCUT2D eigenvalue weighted by molar-refractivity contribution is 7.15. The number of ketones is 1. The second-order valence-corrected chi connectivity index (χ2v) is 4.80. The van der Waals surface area contributed by atoms with E-state index < -0.39 is 0 Å². The first-order chi connectivity index (χ1) is 8.72. The summed E-state index contributed by atoms with van der Waals surface area (Å²) in [5.74, 6) is -0.394. The zero-order valence-electron chi connectivity index (χ0n) is 9.34. The lowest BCUT2D eigenvalue weighted by Gasteiger charge is -1.98. The van der Waals surface area contributed by atoms with Crippen LogP contribution in [0.2, 0.25) is 0 Å². The molecule has 0 aliphatic rings. The Balaban J connectivity index is 1.82. The highest BCUT2D eigenvalue weighted by Crippen LogP contribution is 2.13. The number of thiazole rings is 1. The van der Waals surface area contributed by atoms with Crippen LogP contribution in [-0.2, 0) is 6.42 Å². The number of hydrogen-bond acceptors (Lipinski definition) is 3. The number of carbonyl (C=O) groups is 1. The van der Waals surface area contributed by atoms with Crippen LogP contribution in [0.25, 0.3) is 4.96 Å². The maximum Gasteiger partial charge on any atom is 0.193 e. The molecule has 0 radical (unpaired) electrons. The van der Waals surface area contributed by atoms with Gasteiger partial charge in [-0.25, -0.2) is 9.37 Å². The van der Waals surface area contributed by atoms with Crippen LogP contribution < -0.4 is 0 Å². The Morgan fingerprint density at radius 2 is 2.11 bits per heavy atom. The molecule has 0 unspecified atom stereocenters. The summed E-state index contributed by atoms with van der Waals surface area (Å²) in [4.78, 5) is 17.2. The summed E-state index contributed by atoms with van der Waals surface area (Å²) in [6.45, 7) is 0. The van der Waals surface area contributed by atoms with Gasteiger partial charge in [-0.2, -0.15) is 0 Å². The predicted molar refractivity (Wildman–Crippen MR) is 67.5 cm³/mol. The van der Waals surface area contributed by atoms with Gasteiger partial charge in [-0.3, -0.25) is 9.20 Å². The minimum atomic E-state index is -0.339. The summed E-state index contributed by atoms with van der Waals surface area (Å²) in [5.41, 5.74) is 1.24. The van der Waals surface area contributed by atoms with Crippen molar-refractivity contribution in [2.75, 3.05) is 0 Å². The molecule has 2 heterocycles. The van der Waals surface area contributed by atoms with E-state index >= 15 is 0 Å². The van der Waals surface area contributed by atoms with Gasteiger partial charge in [-0.05, 0) is 24.3 Å². The quantitative estimate of drug-likeness (QED) is 0.678. The van der Waals surface area contributed by atoms with Gasteiger partial charge in [-0.15, -0.1) is 11.3 Å². The van der Waals surface area contributed by atoms with E-state index in [2.05, 4.69) is 4.98 Å². The van der Waals surface area contributed by atoms with Crippen molar-refractivity contribution in [3.8, 4) is 0 Å². The second kappa shape index (κ2) is 4.34. The molecule has 0 spiro atoms. The van der Waals surface area contributed by atoms with Gasteiger partial charge in [0.2, 0.25) is 0 Å². The van der Waals surface area contributed by atoms with Crippen LogP contribution in [-0.4, -0.2) is 15.2 Å². The van der Waals surface area contributed by atoms with Crippen LogP contribution in [0.4, 0.5) is 4.39 Å². The Labute approximate surface area is 107 Å². The standard InChI is InChI=1S/C13H9FN2OS/c14-10-3-1-9(2-4-10)12(17)7-11-8-16-5-6-18-13(16)15-11/h1-6,8H,7H2. The zero-order chi connectivity index (χ0) is 12.5. The molecule has 5 heteroatoms. The first kappa shape index (κ1) is 11.1. The van der Waals surface area contributed by atoms with E-state index in [1.165, 1.54) is 35.6 Å². The molecule has 0 saturated heterocycles. The third-order valence-electron chi connectivity index (χ3n) is 2.65. The van der Waals surface area contributed by atoms with E-state index in [1.54, 1.807) is 0 Å². The second-order valence-electron chi connectivity index (χ2n) is 3.93. The molecular formula is C13H9FN2OS. The lowest BCUT2D eigenvalue weighted by atomic mass is 10.1. The number of carbonyl (C=O) groups excluding carboxylic acids is 1. The van der Waals surface area contributed by atoms with E-state index in [1.807, 2.05) is 22.2 Å². The number of nitrogens with zero attached hydrogens (tertiary/aromatic N) is 2. The van der Waals surface area contributed by atoms with Gasteiger partial charge in [0.15, 0.2) is 10.7 Å². The van der Waals surface area contributed by atoms with Crippen LogP contribution in [0.5, 0.6) is 0 Å². The molecule has 3 aromatic rings. The molecular weight excluding hydrogens is 251 g/mol. The Hall–Kier alpha value is -2.01. The fourth-order valence-electron chi connectivity index (χ4n) is 1.76. The molecule has 0 fully saturated rings. The van der Waals surface area contributed by atoms with Crippen molar-refractivity contribution < 1.29 is 9.18 Å². The van der Waals surface area contributed by atoms with E-state index in [-0.39, 0.29) is 18.0 Å². The van der Waals surface area contributed by atoms with Crippen molar-refractivity contribution in [3.63, 3.8) is 0 Å². The van der Waals surface area contributed by atoms with Crippen molar-refractivity contribution >= 4 is 22.1 Å². The van der Waals surface area contributed by atoms with Gasteiger partial charge < -0.3 is 0 Å². The highest BCUT2D eigenvalue weighted by Gasteiger charge is 2.10. The lowest BCUT2D eigenvalue weighted by molar-refractivity contribution is 0.0992. The van der Waals surface area contributed by atoms with Crippen molar-refractivity contribution in [2.45, 2.75) is 6.42 Å². The maximum atomic E-state index is 12.7. The van der Waals surface area contributed by atoms with Crippen LogP contribution in [0, 0.1) is 5.82 Å². The van der Waals surface area contributed by atoms with Crippen molar-refractivity contribution in [3.05, 3.63) is 59.1 Å². The Morgan fingerprint density at radius 1 is 1.33 bits per heavy atom.